The summed E-state index contributed by atoms with van der Waals surface area (Å²) in [5.74, 6) is 0.0529. The van der Waals surface area contributed by atoms with Gasteiger partial charge < -0.3 is 10.2 Å². The summed E-state index contributed by atoms with van der Waals surface area (Å²) < 4.78 is 40.1. The van der Waals surface area contributed by atoms with Gasteiger partial charge in [-0.3, -0.25) is 9.78 Å². The zero-order chi connectivity index (χ0) is 21.3. The standard InChI is InChI=1S/C21H18F3N5O/c1-2-29-16-5-4-15(11-14(16)3-6-19(29)30)26-18-12-17(21(22,23)24)27-20(28-18)13-7-9-25-10-8-13/h4-5,7-12H,2-3,6H2,1H3,(H,26,27,28). The minimum Gasteiger partial charge on any atom is -0.340 e. The van der Waals surface area contributed by atoms with Gasteiger partial charge in [0.15, 0.2) is 11.5 Å². The first-order valence-electron chi connectivity index (χ1n) is 9.42. The van der Waals surface area contributed by atoms with E-state index in [1.807, 2.05) is 13.0 Å². The number of nitrogens with one attached hydrogen (secondary N) is 1. The van der Waals surface area contributed by atoms with Gasteiger partial charge in [-0.25, -0.2) is 9.97 Å². The third-order valence-corrected chi connectivity index (χ3v) is 4.82. The Morgan fingerprint density at radius 2 is 1.83 bits per heavy atom. The number of anilines is 3. The van der Waals surface area contributed by atoms with Gasteiger partial charge >= 0.3 is 6.18 Å². The summed E-state index contributed by atoms with van der Waals surface area (Å²) in [6, 6.07) is 9.34. The van der Waals surface area contributed by atoms with Crippen LogP contribution in [0.5, 0.6) is 0 Å². The predicted molar refractivity (Wildman–Crippen MR) is 106 cm³/mol. The molecule has 0 aliphatic carbocycles. The van der Waals surface area contributed by atoms with Crippen LogP contribution in [0.15, 0.2) is 48.8 Å². The average molecular weight is 413 g/mol. The molecule has 1 aliphatic heterocycles. The van der Waals surface area contributed by atoms with Crippen molar-refractivity contribution in [1.29, 1.82) is 0 Å². The third kappa shape index (κ3) is 3.96. The van der Waals surface area contributed by atoms with E-state index in [-0.39, 0.29) is 17.5 Å². The van der Waals surface area contributed by atoms with Crippen molar-refractivity contribution in [2.24, 2.45) is 0 Å². The number of nitrogens with zero attached hydrogens (tertiary/aromatic N) is 4. The molecule has 0 bridgehead atoms. The SMILES string of the molecule is CCN1C(=O)CCc2cc(Nc3cc(C(F)(F)F)nc(-c4ccncc4)n3)ccc21. The van der Waals surface area contributed by atoms with Crippen molar-refractivity contribution >= 4 is 23.1 Å². The molecule has 3 heterocycles. The second kappa shape index (κ2) is 7.74. The Kier molecular flexibility index (Phi) is 5.11. The summed E-state index contributed by atoms with van der Waals surface area (Å²) in [5, 5.41) is 2.95. The highest BCUT2D eigenvalue weighted by Gasteiger charge is 2.34. The van der Waals surface area contributed by atoms with E-state index >= 15 is 0 Å². The minimum absolute atomic E-state index is 0.0309. The van der Waals surface area contributed by atoms with Crippen LogP contribution in [0.3, 0.4) is 0 Å². The number of pyridine rings is 1. The molecule has 0 saturated carbocycles. The molecule has 0 unspecified atom stereocenters. The number of carbonyl (C=O) groups is 1. The zero-order valence-corrected chi connectivity index (χ0v) is 16.1. The molecular weight excluding hydrogens is 395 g/mol. The number of aromatic nitrogens is 3. The highest BCUT2D eigenvalue weighted by molar-refractivity contribution is 5.96. The molecule has 0 radical (unpaired) electrons. The number of fused-ring (bicyclic) bond motifs is 1. The van der Waals surface area contributed by atoms with Gasteiger partial charge in [-0.1, -0.05) is 0 Å². The molecule has 1 aliphatic rings. The van der Waals surface area contributed by atoms with Crippen molar-refractivity contribution < 1.29 is 18.0 Å². The number of aryl methyl sites for hydroxylation is 1. The predicted octanol–water partition coefficient (Wildman–Crippen LogP) is 4.60. The second-order valence-corrected chi connectivity index (χ2v) is 6.80. The van der Waals surface area contributed by atoms with Gasteiger partial charge in [-0.2, -0.15) is 13.2 Å². The molecule has 154 valence electrons. The number of carbonyl (C=O) groups excluding carboxylic acids is 1. The maximum absolute atomic E-state index is 13.4. The van der Waals surface area contributed by atoms with Crippen molar-refractivity contribution in [1.82, 2.24) is 15.0 Å². The van der Waals surface area contributed by atoms with Crippen LogP contribution in [0, 0.1) is 0 Å². The van der Waals surface area contributed by atoms with Crippen molar-refractivity contribution in [2.45, 2.75) is 25.9 Å². The molecule has 6 nitrogen and oxygen atoms in total. The fourth-order valence-corrected chi connectivity index (χ4v) is 3.42. The molecule has 1 N–H and O–H groups in total. The topological polar surface area (TPSA) is 71.0 Å². The van der Waals surface area contributed by atoms with Crippen LogP contribution >= 0.6 is 0 Å². The molecule has 0 spiro atoms. The highest BCUT2D eigenvalue weighted by atomic mass is 19.4. The van der Waals surface area contributed by atoms with Gasteiger partial charge in [0.1, 0.15) is 5.82 Å². The lowest BCUT2D eigenvalue weighted by atomic mass is 10.0. The van der Waals surface area contributed by atoms with E-state index in [0.717, 1.165) is 17.3 Å². The summed E-state index contributed by atoms with van der Waals surface area (Å²) in [5.41, 5.74) is 1.78. The quantitative estimate of drug-likeness (QED) is 0.677. The van der Waals surface area contributed by atoms with Crippen LogP contribution < -0.4 is 10.2 Å². The van der Waals surface area contributed by atoms with Gasteiger partial charge in [0.2, 0.25) is 5.91 Å². The van der Waals surface area contributed by atoms with Crippen molar-refractivity contribution in [2.75, 3.05) is 16.8 Å². The van der Waals surface area contributed by atoms with E-state index in [2.05, 4.69) is 20.3 Å². The lowest BCUT2D eigenvalue weighted by Crippen LogP contribution is -2.34. The molecule has 4 rings (SSSR count). The number of hydrogen-bond donors (Lipinski definition) is 1. The maximum Gasteiger partial charge on any atom is 0.433 e. The zero-order valence-electron chi connectivity index (χ0n) is 16.1. The number of alkyl halides is 3. The Morgan fingerprint density at radius 3 is 2.53 bits per heavy atom. The van der Waals surface area contributed by atoms with Gasteiger partial charge in [0, 0.05) is 48.4 Å². The van der Waals surface area contributed by atoms with Gasteiger partial charge in [0.25, 0.3) is 0 Å². The fraction of sp³-hybridized carbons (Fsp3) is 0.238. The maximum atomic E-state index is 13.4. The summed E-state index contributed by atoms with van der Waals surface area (Å²) >= 11 is 0. The van der Waals surface area contributed by atoms with Crippen LogP contribution in [0.2, 0.25) is 0 Å². The first-order valence-corrected chi connectivity index (χ1v) is 9.42. The lowest BCUT2D eigenvalue weighted by Gasteiger charge is -2.28. The van der Waals surface area contributed by atoms with Crippen LogP contribution in [0.25, 0.3) is 11.4 Å². The van der Waals surface area contributed by atoms with Crippen molar-refractivity contribution in [3.8, 4) is 11.4 Å². The smallest absolute Gasteiger partial charge is 0.340 e. The van der Waals surface area contributed by atoms with Crippen molar-refractivity contribution in [3.05, 3.63) is 60.0 Å². The van der Waals surface area contributed by atoms with Crippen LogP contribution in [-0.2, 0) is 17.4 Å². The van der Waals surface area contributed by atoms with E-state index in [9.17, 15) is 18.0 Å². The molecule has 1 amide bonds. The van der Waals surface area contributed by atoms with Crippen LogP contribution in [0.1, 0.15) is 24.6 Å². The highest BCUT2D eigenvalue weighted by Crippen LogP contribution is 2.33. The molecule has 0 saturated heterocycles. The fourth-order valence-electron chi connectivity index (χ4n) is 3.42. The largest absolute Gasteiger partial charge is 0.433 e. The Labute approximate surface area is 170 Å². The first kappa shape index (κ1) is 19.8. The Bertz CT molecular complexity index is 1090. The minimum atomic E-state index is -4.61. The lowest BCUT2D eigenvalue weighted by molar-refractivity contribution is -0.141. The van der Waals surface area contributed by atoms with E-state index in [0.29, 0.717) is 30.6 Å². The van der Waals surface area contributed by atoms with Gasteiger partial charge in [-0.15, -0.1) is 0 Å². The average Bonchev–Trinajstić information content (AvgIpc) is 2.73. The molecule has 1 aromatic carbocycles. The van der Waals surface area contributed by atoms with Gasteiger partial charge in [0.05, 0.1) is 0 Å². The second-order valence-electron chi connectivity index (χ2n) is 6.80. The molecule has 0 fully saturated rings. The monoisotopic (exact) mass is 413 g/mol. The molecule has 0 atom stereocenters. The molecule has 3 aromatic rings. The van der Waals surface area contributed by atoms with Crippen LogP contribution in [-0.4, -0.2) is 27.4 Å². The van der Waals surface area contributed by atoms with E-state index in [1.165, 1.54) is 12.4 Å². The summed E-state index contributed by atoms with van der Waals surface area (Å²) in [7, 11) is 0. The third-order valence-electron chi connectivity index (χ3n) is 4.82. The summed E-state index contributed by atoms with van der Waals surface area (Å²) in [6.07, 6.45) is -0.687. The number of hydrogen-bond acceptors (Lipinski definition) is 5. The van der Waals surface area contributed by atoms with E-state index in [4.69, 9.17) is 0 Å². The molecule has 9 heteroatoms. The Hall–Kier alpha value is -3.49. The number of rotatable bonds is 4. The van der Waals surface area contributed by atoms with Crippen molar-refractivity contribution in [3.63, 3.8) is 0 Å². The van der Waals surface area contributed by atoms with E-state index in [1.54, 1.807) is 29.2 Å². The first-order chi connectivity index (χ1) is 14.3. The molecular formula is C21H18F3N5O. The number of amides is 1. The summed E-state index contributed by atoms with van der Waals surface area (Å²) in [6.45, 7) is 2.47. The number of halogens is 3. The molecule has 2 aromatic heterocycles. The number of benzene rings is 1. The van der Waals surface area contributed by atoms with Crippen LogP contribution in [0.4, 0.5) is 30.4 Å². The van der Waals surface area contributed by atoms with Gasteiger partial charge in [-0.05, 0) is 49.2 Å². The van der Waals surface area contributed by atoms with E-state index < -0.39 is 11.9 Å². The Morgan fingerprint density at radius 1 is 1.07 bits per heavy atom. The molecule has 30 heavy (non-hydrogen) atoms. The Balaban J connectivity index is 1.70. The summed E-state index contributed by atoms with van der Waals surface area (Å²) in [4.78, 5) is 25.5. The normalized spacial score (nSPS) is 13.9.